The van der Waals surface area contributed by atoms with Gasteiger partial charge in [0.25, 0.3) is 0 Å². The maximum Gasteiger partial charge on any atom is 0.485 e. The average Bonchev–Trinajstić information content (AvgIpc) is 2.44. The fourth-order valence-corrected chi connectivity index (χ4v) is 5.49. The standard InChI is InChI=1S/C15H22F3NO3S/c16-15(17,18)23(21)19-2-1-3-22-13(20)14-7-10-4-11(8-14)6-12(5-10)9-14/h10-12,19H,1-9H2. The Labute approximate surface area is 136 Å². The van der Waals surface area contributed by atoms with Crippen LogP contribution in [0.4, 0.5) is 13.2 Å². The minimum Gasteiger partial charge on any atom is -0.465 e. The highest BCUT2D eigenvalue weighted by Gasteiger charge is 2.55. The molecule has 4 rings (SSSR count). The summed E-state index contributed by atoms with van der Waals surface area (Å²) in [6.45, 7) is -0.0249. The maximum absolute atomic E-state index is 12.5. The van der Waals surface area contributed by atoms with Crippen LogP contribution in [0, 0.1) is 23.2 Å². The van der Waals surface area contributed by atoms with E-state index in [9.17, 15) is 22.2 Å². The molecule has 132 valence electrons. The van der Waals surface area contributed by atoms with Gasteiger partial charge in [0.15, 0.2) is 11.0 Å². The molecule has 23 heavy (non-hydrogen) atoms. The predicted molar refractivity (Wildman–Crippen MR) is 78.4 cm³/mol. The summed E-state index contributed by atoms with van der Waals surface area (Å²) >= 11 is 0. The number of hydrogen-bond donors (Lipinski definition) is 1. The Morgan fingerprint density at radius 1 is 1.13 bits per heavy atom. The molecule has 4 aliphatic carbocycles. The molecule has 0 spiro atoms. The third-order valence-corrected chi connectivity index (χ3v) is 6.36. The molecule has 0 aromatic rings. The van der Waals surface area contributed by atoms with Gasteiger partial charge in [-0.2, -0.15) is 13.2 Å². The molecular weight excluding hydrogens is 331 g/mol. The maximum atomic E-state index is 12.5. The highest BCUT2D eigenvalue weighted by Crippen LogP contribution is 2.60. The van der Waals surface area contributed by atoms with E-state index < -0.39 is 16.5 Å². The highest BCUT2D eigenvalue weighted by atomic mass is 32.2. The van der Waals surface area contributed by atoms with Crippen LogP contribution in [-0.4, -0.2) is 28.8 Å². The zero-order valence-corrected chi connectivity index (χ0v) is 13.7. The summed E-state index contributed by atoms with van der Waals surface area (Å²) < 4.78 is 54.2. The fraction of sp³-hybridized carbons (Fsp3) is 0.933. The van der Waals surface area contributed by atoms with E-state index in [1.165, 1.54) is 19.3 Å². The molecule has 0 saturated heterocycles. The topological polar surface area (TPSA) is 55.4 Å². The van der Waals surface area contributed by atoms with Gasteiger partial charge in [0.2, 0.25) is 0 Å². The van der Waals surface area contributed by atoms with Crippen LogP contribution in [0.3, 0.4) is 0 Å². The SMILES string of the molecule is O=C(OCCCNS(=O)C(F)(F)F)C12CC3CC(CC(C3)C1)C2. The Hall–Kier alpha value is -0.630. The van der Waals surface area contributed by atoms with E-state index >= 15 is 0 Å². The Balaban J connectivity index is 1.41. The molecule has 4 nitrogen and oxygen atoms in total. The number of rotatable bonds is 6. The molecule has 4 aliphatic rings. The van der Waals surface area contributed by atoms with Crippen molar-refractivity contribution < 1.29 is 26.9 Å². The van der Waals surface area contributed by atoms with Crippen LogP contribution in [0.1, 0.15) is 44.9 Å². The highest BCUT2D eigenvalue weighted by molar-refractivity contribution is 7.83. The molecule has 4 saturated carbocycles. The van der Waals surface area contributed by atoms with E-state index in [0.29, 0.717) is 17.8 Å². The third-order valence-electron chi connectivity index (χ3n) is 5.47. The molecule has 0 aromatic heterocycles. The first-order valence-corrected chi connectivity index (χ1v) is 9.33. The lowest BCUT2D eigenvalue weighted by atomic mass is 9.49. The number of hydrogen-bond acceptors (Lipinski definition) is 3. The van der Waals surface area contributed by atoms with Gasteiger partial charge in [0, 0.05) is 6.54 Å². The Morgan fingerprint density at radius 3 is 2.13 bits per heavy atom. The van der Waals surface area contributed by atoms with Crippen LogP contribution in [0.2, 0.25) is 0 Å². The van der Waals surface area contributed by atoms with Gasteiger partial charge in [-0.25, -0.2) is 8.93 Å². The van der Waals surface area contributed by atoms with Crippen LogP contribution in [-0.2, 0) is 20.5 Å². The zero-order valence-electron chi connectivity index (χ0n) is 12.9. The lowest BCUT2D eigenvalue weighted by molar-refractivity contribution is -0.171. The number of halogens is 3. The van der Waals surface area contributed by atoms with Crippen molar-refractivity contribution in [3.63, 3.8) is 0 Å². The van der Waals surface area contributed by atoms with Gasteiger partial charge >= 0.3 is 11.5 Å². The molecule has 0 amide bonds. The molecule has 0 heterocycles. The van der Waals surface area contributed by atoms with E-state index in [0.717, 1.165) is 19.3 Å². The molecule has 1 unspecified atom stereocenters. The van der Waals surface area contributed by atoms with Gasteiger partial charge in [-0.3, -0.25) is 4.79 Å². The van der Waals surface area contributed by atoms with Crippen molar-refractivity contribution in [3.8, 4) is 0 Å². The molecule has 0 aliphatic heterocycles. The van der Waals surface area contributed by atoms with Gasteiger partial charge in [0.1, 0.15) is 0 Å². The van der Waals surface area contributed by atoms with Gasteiger partial charge in [-0.15, -0.1) is 0 Å². The normalized spacial score (nSPS) is 36.9. The third kappa shape index (κ3) is 3.73. The molecule has 4 fully saturated rings. The summed E-state index contributed by atoms with van der Waals surface area (Å²) in [4.78, 5) is 12.5. The van der Waals surface area contributed by atoms with E-state index in [1.807, 2.05) is 4.72 Å². The van der Waals surface area contributed by atoms with Crippen molar-refractivity contribution in [1.29, 1.82) is 0 Å². The van der Waals surface area contributed by atoms with Crippen molar-refractivity contribution in [2.45, 2.75) is 50.5 Å². The molecule has 1 N–H and O–H groups in total. The van der Waals surface area contributed by atoms with Gasteiger partial charge < -0.3 is 4.74 Å². The lowest BCUT2D eigenvalue weighted by Crippen LogP contribution is -2.50. The van der Waals surface area contributed by atoms with Crippen molar-refractivity contribution in [2.24, 2.45) is 23.2 Å². The van der Waals surface area contributed by atoms with E-state index in [-0.39, 0.29) is 31.0 Å². The van der Waals surface area contributed by atoms with Crippen LogP contribution < -0.4 is 4.72 Å². The van der Waals surface area contributed by atoms with E-state index in [4.69, 9.17) is 4.74 Å². The molecule has 4 bridgehead atoms. The molecule has 0 aromatic carbocycles. The summed E-state index contributed by atoms with van der Waals surface area (Å²) in [5, 5.41) is 0. The second-order valence-corrected chi connectivity index (χ2v) is 8.59. The first kappa shape index (κ1) is 17.2. The fourth-order valence-electron chi connectivity index (χ4n) is 5.00. The minimum atomic E-state index is -4.75. The quantitative estimate of drug-likeness (QED) is 0.590. The van der Waals surface area contributed by atoms with Gasteiger partial charge in [-0.1, -0.05) is 0 Å². The van der Waals surface area contributed by atoms with Gasteiger partial charge in [-0.05, 0) is 62.7 Å². The number of carbonyl (C=O) groups is 1. The number of nitrogens with one attached hydrogen (secondary N) is 1. The van der Waals surface area contributed by atoms with Crippen LogP contribution in [0.5, 0.6) is 0 Å². The second kappa shape index (κ2) is 6.35. The van der Waals surface area contributed by atoms with Gasteiger partial charge in [0.05, 0.1) is 12.0 Å². The van der Waals surface area contributed by atoms with Crippen LogP contribution in [0.15, 0.2) is 0 Å². The number of alkyl halides is 3. The molecule has 1 atom stereocenters. The summed E-state index contributed by atoms with van der Waals surface area (Å²) in [7, 11) is -3.05. The number of esters is 1. The van der Waals surface area contributed by atoms with E-state index in [2.05, 4.69) is 0 Å². The van der Waals surface area contributed by atoms with Crippen molar-refractivity contribution >= 4 is 17.0 Å². The number of carbonyl (C=O) groups excluding carboxylic acids is 1. The largest absolute Gasteiger partial charge is 0.485 e. The monoisotopic (exact) mass is 353 g/mol. The van der Waals surface area contributed by atoms with Crippen molar-refractivity contribution in [2.75, 3.05) is 13.2 Å². The van der Waals surface area contributed by atoms with Crippen LogP contribution >= 0.6 is 0 Å². The smallest absolute Gasteiger partial charge is 0.465 e. The summed E-state index contributed by atoms with van der Waals surface area (Å²) in [6.07, 6.45) is 6.66. The first-order valence-electron chi connectivity index (χ1n) is 8.18. The summed E-state index contributed by atoms with van der Waals surface area (Å²) in [5.41, 5.74) is -5.09. The average molecular weight is 353 g/mol. The first-order chi connectivity index (χ1) is 10.8. The second-order valence-electron chi connectivity index (χ2n) is 7.30. The summed E-state index contributed by atoms with van der Waals surface area (Å²) in [5.74, 6) is 1.76. The Kier molecular flexibility index (Phi) is 4.75. The lowest BCUT2D eigenvalue weighted by Gasteiger charge is -2.55. The number of ether oxygens (including phenoxy) is 1. The van der Waals surface area contributed by atoms with Crippen molar-refractivity contribution in [3.05, 3.63) is 0 Å². The zero-order chi connectivity index (χ0) is 16.7. The summed E-state index contributed by atoms with van der Waals surface area (Å²) in [6, 6.07) is 0. The molecule has 0 radical (unpaired) electrons. The van der Waals surface area contributed by atoms with Crippen molar-refractivity contribution in [1.82, 2.24) is 4.72 Å². The van der Waals surface area contributed by atoms with Crippen LogP contribution in [0.25, 0.3) is 0 Å². The Bertz CT molecular complexity index is 460. The molecule has 8 heteroatoms. The molecular formula is C15H22F3NO3S. The van der Waals surface area contributed by atoms with E-state index in [1.54, 1.807) is 0 Å². The Morgan fingerprint density at radius 2 is 1.65 bits per heavy atom. The minimum absolute atomic E-state index is 0.0721. The predicted octanol–water partition coefficient (Wildman–Crippen LogP) is 2.91.